The molecule has 1 saturated heterocycles. The summed E-state index contributed by atoms with van der Waals surface area (Å²) in [5.41, 5.74) is 0. The first-order valence-corrected chi connectivity index (χ1v) is 31.6. The highest BCUT2D eigenvalue weighted by Crippen LogP contribution is 2.26. The molecule has 0 saturated carbocycles. The van der Waals surface area contributed by atoms with E-state index in [1.165, 1.54) is 154 Å². The van der Waals surface area contributed by atoms with E-state index in [1.54, 1.807) is 0 Å². The zero-order valence-electron chi connectivity index (χ0n) is 48.4. The molecule has 7 atom stereocenters. The quantitative estimate of drug-likeness (QED) is 0.0259. The second-order valence-corrected chi connectivity index (χ2v) is 22.2. The molecule has 1 rings (SSSR count). The third-order valence-electron chi connectivity index (χ3n) is 15.1. The number of amides is 1. The van der Waals surface area contributed by atoms with Crippen LogP contribution in [0.4, 0.5) is 0 Å². The third kappa shape index (κ3) is 39.1. The van der Waals surface area contributed by atoms with Crippen LogP contribution in [0.15, 0.2) is 0 Å². The van der Waals surface area contributed by atoms with Crippen molar-refractivity contribution in [2.75, 3.05) is 6.61 Å². The molecule has 0 spiro atoms. The zero-order chi connectivity index (χ0) is 54.1. The van der Waals surface area contributed by atoms with Crippen LogP contribution in [-0.2, 0) is 38.1 Å². The van der Waals surface area contributed by atoms with Gasteiger partial charge in [-0.2, -0.15) is 0 Å². The molecule has 0 aliphatic carbocycles. The van der Waals surface area contributed by atoms with E-state index in [1.807, 2.05) is 0 Å². The Morgan fingerprint density at radius 3 is 1.08 bits per heavy atom. The van der Waals surface area contributed by atoms with Gasteiger partial charge in [0.15, 0.2) is 12.4 Å². The van der Waals surface area contributed by atoms with Crippen LogP contribution < -0.4 is 5.32 Å². The molecule has 1 fully saturated rings. The van der Waals surface area contributed by atoms with Crippen molar-refractivity contribution >= 4 is 23.8 Å². The third-order valence-corrected chi connectivity index (χ3v) is 15.1. The van der Waals surface area contributed by atoms with Gasteiger partial charge in [0, 0.05) is 12.8 Å². The van der Waals surface area contributed by atoms with Crippen molar-refractivity contribution in [3.63, 3.8) is 0 Å². The van der Waals surface area contributed by atoms with Gasteiger partial charge in [-0.05, 0) is 38.5 Å². The molecule has 12 heteroatoms. The maximum absolute atomic E-state index is 13.8. The van der Waals surface area contributed by atoms with E-state index in [0.717, 1.165) is 103 Å². The Kier molecular flexibility index (Phi) is 47.3. The van der Waals surface area contributed by atoms with E-state index in [9.17, 15) is 34.5 Å². The van der Waals surface area contributed by atoms with Crippen molar-refractivity contribution in [3.05, 3.63) is 0 Å². The van der Waals surface area contributed by atoms with Crippen molar-refractivity contribution in [2.45, 2.75) is 366 Å². The van der Waals surface area contributed by atoms with Gasteiger partial charge in [0.25, 0.3) is 0 Å². The fraction of sp³-hybridized carbons (Fsp3) is 0.935. The topological polar surface area (TPSA) is 178 Å². The Labute approximate surface area is 453 Å². The van der Waals surface area contributed by atoms with E-state index >= 15 is 0 Å². The number of nitrogens with one attached hydrogen (secondary N) is 1. The smallest absolute Gasteiger partial charge is 0.310 e. The second-order valence-electron chi connectivity index (χ2n) is 22.2. The molecular formula is C62H117NO11. The molecule has 0 unspecified atom stereocenters. The number of esters is 3. The van der Waals surface area contributed by atoms with Crippen LogP contribution in [0.5, 0.6) is 0 Å². The van der Waals surface area contributed by atoms with Gasteiger partial charge in [0.05, 0.1) is 19.4 Å². The predicted octanol–water partition coefficient (Wildman–Crippen LogP) is 15.3. The number of carbonyl (C=O) groups is 4. The molecule has 0 radical (unpaired) electrons. The first-order valence-electron chi connectivity index (χ1n) is 31.6. The Morgan fingerprint density at radius 1 is 0.432 bits per heavy atom. The van der Waals surface area contributed by atoms with Crippen molar-refractivity contribution in [1.82, 2.24) is 5.32 Å². The van der Waals surface area contributed by atoms with Gasteiger partial charge < -0.3 is 39.6 Å². The first-order chi connectivity index (χ1) is 36.1. The minimum absolute atomic E-state index is 0.180. The van der Waals surface area contributed by atoms with E-state index in [4.69, 9.17) is 18.9 Å². The Morgan fingerprint density at radius 2 is 0.743 bits per heavy atom. The van der Waals surface area contributed by atoms with E-state index in [-0.39, 0.29) is 37.6 Å². The number of ether oxygens (including phenoxy) is 4. The lowest BCUT2D eigenvalue weighted by Crippen LogP contribution is -2.65. The number of aliphatic hydroxyl groups is 3. The average Bonchev–Trinajstić information content (AvgIpc) is 3.38. The largest absolute Gasteiger partial charge is 0.462 e. The number of hydrogen-bond acceptors (Lipinski definition) is 11. The van der Waals surface area contributed by atoms with Gasteiger partial charge in [0.1, 0.15) is 30.5 Å². The van der Waals surface area contributed by atoms with Crippen LogP contribution in [0.25, 0.3) is 0 Å². The SMILES string of the molecule is CCCCCCCCCCCCCC(=O)O[C@H](CCCCCCCCCCC)CC(=O)N[C@@H]1[C@@H](OC(=O)C[C@@H](CCCCCCCCCCC)OC(=O)CCCCCCCCCCCCC)[C@H](O)[C@@H](CO)O[C@H]1O. The molecular weight excluding hydrogens is 935 g/mol. The minimum atomic E-state index is -1.72. The fourth-order valence-corrected chi connectivity index (χ4v) is 10.3. The molecule has 0 aromatic heterocycles. The summed E-state index contributed by atoms with van der Waals surface area (Å²) in [6.45, 7) is 8.24. The number of aliphatic hydroxyl groups excluding tert-OH is 3. The Hall–Kier alpha value is -2.28. The second kappa shape index (κ2) is 50.2. The van der Waals surface area contributed by atoms with Crippen LogP contribution >= 0.6 is 0 Å². The van der Waals surface area contributed by atoms with Crippen LogP contribution in [0.1, 0.15) is 323 Å². The molecule has 1 heterocycles. The van der Waals surface area contributed by atoms with Crippen molar-refractivity contribution in [3.8, 4) is 0 Å². The average molecular weight is 1050 g/mol. The van der Waals surface area contributed by atoms with Crippen LogP contribution in [-0.4, -0.2) is 88.6 Å². The van der Waals surface area contributed by atoms with Crippen molar-refractivity contribution < 1.29 is 53.4 Å². The molecule has 0 aromatic rings. The van der Waals surface area contributed by atoms with Crippen LogP contribution in [0.2, 0.25) is 0 Å². The summed E-state index contributed by atoms with van der Waals surface area (Å²) in [6.07, 6.45) is 39.6. The summed E-state index contributed by atoms with van der Waals surface area (Å²) >= 11 is 0. The maximum atomic E-state index is 13.8. The number of carbonyl (C=O) groups excluding carboxylic acids is 4. The van der Waals surface area contributed by atoms with Crippen molar-refractivity contribution in [1.29, 1.82) is 0 Å². The number of hydrogen-bond donors (Lipinski definition) is 4. The lowest BCUT2D eigenvalue weighted by Gasteiger charge is -2.42. The molecule has 0 aromatic carbocycles. The Bertz CT molecular complexity index is 1320. The molecule has 436 valence electrons. The fourth-order valence-electron chi connectivity index (χ4n) is 10.3. The molecule has 4 N–H and O–H groups in total. The number of unbranched alkanes of at least 4 members (excludes halogenated alkanes) is 36. The standard InChI is InChI=1S/C62H117NO11/c1-5-9-13-17-21-25-27-31-35-39-43-47-56(66)71-52(45-41-37-33-29-23-19-15-11-7-3)49-55(65)63-59-61(60(69)54(51-64)73-62(59)70)74-58(68)50-53(46-42-38-34-30-24-20-16-12-8-4)72-57(67)48-44-40-36-32-28-26-22-18-14-10-6-2/h52-54,59-62,64,69-70H,5-51H2,1-4H3,(H,63,65)/t52-,53-,54-,59-,60-,61-,62-/m1/s1. The van der Waals surface area contributed by atoms with E-state index < -0.39 is 61.3 Å². The van der Waals surface area contributed by atoms with E-state index in [2.05, 4.69) is 33.0 Å². The van der Waals surface area contributed by atoms with Crippen LogP contribution in [0.3, 0.4) is 0 Å². The molecule has 12 nitrogen and oxygen atoms in total. The van der Waals surface area contributed by atoms with Gasteiger partial charge in [0.2, 0.25) is 5.91 Å². The van der Waals surface area contributed by atoms with Gasteiger partial charge in [-0.3, -0.25) is 19.2 Å². The number of rotatable bonds is 53. The van der Waals surface area contributed by atoms with Gasteiger partial charge in [-0.1, -0.05) is 259 Å². The van der Waals surface area contributed by atoms with Gasteiger partial charge in [-0.25, -0.2) is 0 Å². The summed E-state index contributed by atoms with van der Waals surface area (Å²) in [5.74, 6) is -2.00. The summed E-state index contributed by atoms with van der Waals surface area (Å²) in [5, 5.41) is 35.3. The lowest BCUT2D eigenvalue weighted by atomic mass is 9.96. The van der Waals surface area contributed by atoms with Crippen molar-refractivity contribution in [2.24, 2.45) is 0 Å². The summed E-state index contributed by atoms with van der Waals surface area (Å²) in [4.78, 5) is 54.0. The Balaban J connectivity index is 2.95. The lowest BCUT2D eigenvalue weighted by molar-refractivity contribution is -0.259. The normalized spacial score (nSPS) is 18.5. The molecule has 1 aliphatic heterocycles. The summed E-state index contributed by atoms with van der Waals surface area (Å²) in [7, 11) is 0. The van der Waals surface area contributed by atoms with E-state index in [0.29, 0.717) is 12.8 Å². The van der Waals surface area contributed by atoms with Crippen LogP contribution in [0, 0.1) is 0 Å². The highest BCUT2D eigenvalue weighted by Gasteiger charge is 2.48. The highest BCUT2D eigenvalue weighted by atomic mass is 16.6. The monoisotopic (exact) mass is 1050 g/mol. The summed E-state index contributed by atoms with van der Waals surface area (Å²) < 4.78 is 23.3. The summed E-state index contributed by atoms with van der Waals surface area (Å²) in [6, 6.07) is -1.39. The molecule has 74 heavy (non-hydrogen) atoms. The first kappa shape index (κ1) is 69.7. The molecule has 1 amide bonds. The molecule has 1 aliphatic rings. The predicted molar refractivity (Wildman–Crippen MR) is 301 cm³/mol. The molecule has 0 bridgehead atoms. The maximum Gasteiger partial charge on any atom is 0.310 e. The van der Waals surface area contributed by atoms with Gasteiger partial charge in [-0.15, -0.1) is 0 Å². The van der Waals surface area contributed by atoms with Gasteiger partial charge >= 0.3 is 17.9 Å². The highest BCUT2D eigenvalue weighted by molar-refractivity contribution is 5.78. The minimum Gasteiger partial charge on any atom is -0.462 e. The zero-order valence-corrected chi connectivity index (χ0v) is 48.4.